The highest BCUT2D eigenvalue weighted by Crippen LogP contribution is 2.23. The van der Waals surface area contributed by atoms with Crippen molar-refractivity contribution in [1.29, 1.82) is 0 Å². The van der Waals surface area contributed by atoms with Gasteiger partial charge in [-0.1, -0.05) is 30.7 Å². The van der Waals surface area contributed by atoms with Gasteiger partial charge in [-0.3, -0.25) is 4.90 Å². The molecule has 0 unspecified atom stereocenters. The summed E-state index contributed by atoms with van der Waals surface area (Å²) < 4.78 is 0.831. The van der Waals surface area contributed by atoms with Crippen molar-refractivity contribution in [2.45, 2.75) is 19.9 Å². The van der Waals surface area contributed by atoms with Crippen LogP contribution in [0.25, 0.3) is 0 Å². The molecule has 1 aliphatic rings. The van der Waals surface area contributed by atoms with Crippen molar-refractivity contribution in [3.8, 4) is 0 Å². The number of amides is 2. The van der Waals surface area contributed by atoms with E-state index in [0.29, 0.717) is 0 Å². The van der Waals surface area contributed by atoms with Crippen LogP contribution in [0.2, 0.25) is 4.34 Å². The Labute approximate surface area is 152 Å². The molecule has 1 aromatic carbocycles. The van der Waals surface area contributed by atoms with Crippen LogP contribution in [-0.2, 0) is 13.0 Å². The van der Waals surface area contributed by atoms with E-state index in [-0.39, 0.29) is 6.03 Å². The van der Waals surface area contributed by atoms with Crippen LogP contribution >= 0.6 is 22.9 Å². The SMILES string of the molecule is CCc1ccc(NC(=O)N2CCN(Cc3ccc(Cl)s3)CC2)cc1. The van der Waals surface area contributed by atoms with Gasteiger partial charge in [-0.25, -0.2) is 4.79 Å². The van der Waals surface area contributed by atoms with E-state index in [0.717, 1.165) is 49.2 Å². The van der Waals surface area contributed by atoms with E-state index in [2.05, 4.69) is 35.3 Å². The molecule has 0 atom stereocenters. The first-order valence-electron chi connectivity index (χ1n) is 8.25. The summed E-state index contributed by atoms with van der Waals surface area (Å²) in [6, 6.07) is 12.0. The zero-order valence-electron chi connectivity index (χ0n) is 13.8. The average Bonchev–Trinajstić information content (AvgIpc) is 3.01. The van der Waals surface area contributed by atoms with Crippen LogP contribution < -0.4 is 5.32 Å². The number of nitrogens with zero attached hydrogens (tertiary/aromatic N) is 2. The third-order valence-electron chi connectivity index (χ3n) is 4.28. The highest BCUT2D eigenvalue weighted by Gasteiger charge is 2.21. The van der Waals surface area contributed by atoms with Crippen LogP contribution in [0, 0.1) is 0 Å². The molecule has 2 amide bonds. The zero-order valence-corrected chi connectivity index (χ0v) is 15.4. The van der Waals surface area contributed by atoms with E-state index in [1.165, 1.54) is 10.4 Å². The average molecular weight is 364 g/mol. The van der Waals surface area contributed by atoms with E-state index in [9.17, 15) is 4.79 Å². The zero-order chi connectivity index (χ0) is 16.9. The molecule has 0 saturated carbocycles. The van der Waals surface area contributed by atoms with E-state index in [4.69, 9.17) is 11.6 Å². The van der Waals surface area contributed by atoms with Gasteiger partial charge < -0.3 is 10.2 Å². The Hall–Kier alpha value is -1.56. The predicted molar refractivity (Wildman–Crippen MR) is 101 cm³/mol. The van der Waals surface area contributed by atoms with Gasteiger partial charge >= 0.3 is 6.03 Å². The van der Waals surface area contributed by atoms with Crippen LogP contribution in [0.15, 0.2) is 36.4 Å². The maximum Gasteiger partial charge on any atom is 0.321 e. The summed E-state index contributed by atoms with van der Waals surface area (Å²) in [7, 11) is 0. The first kappa shape index (κ1) is 17.3. The number of carbonyl (C=O) groups is 1. The van der Waals surface area contributed by atoms with Crippen LogP contribution in [0.3, 0.4) is 0 Å². The lowest BCUT2D eigenvalue weighted by molar-refractivity contribution is 0.143. The second-order valence-electron chi connectivity index (χ2n) is 5.95. The second-order valence-corrected chi connectivity index (χ2v) is 7.75. The summed E-state index contributed by atoms with van der Waals surface area (Å²) in [6.07, 6.45) is 1.01. The number of carbonyl (C=O) groups excluding carboxylic acids is 1. The van der Waals surface area contributed by atoms with Gasteiger partial charge in [0.15, 0.2) is 0 Å². The number of halogens is 1. The van der Waals surface area contributed by atoms with Gasteiger partial charge in [0, 0.05) is 43.3 Å². The van der Waals surface area contributed by atoms with Crippen molar-refractivity contribution in [3.63, 3.8) is 0 Å². The van der Waals surface area contributed by atoms with Gasteiger partial charge in [0.2, 0.25) is 0 Å². The summed E-state index contributed by atoms with van der Waals surface area (Å²) in [5.41, 5.74) is 2.13. The molecular weight excluding hydrogens is 342 g/mol. The quantitative estimate of drug-likeness (QED) is 0.878. The van der Waals surface area contributed by atoms with E-state index in [1.807, 2.05) is 23.1 Å². The number of hydrogen-bond acceptors (Lipinski definition) is 3. The van der Waals surface area contributed by atoms with Crippen molar-refractivity contribution in [2.75, 3.05) is 31.5 Å². The number of hydrogen-bond donors (Lipinski definition) is 1. The monoisotopic (exact) mass is 363 g/mol. The molecule has 0 radical (unpaired) electrons. The first-order chi connectivity index (χ1) is 11.6. The second kappa shape index (κ2) is 8.01. The molecule has 1 aromatic heterocycles. The number of thiophene rings is 1. The predicted octanol–water partition coefficient (Wildman–Crippen LogP) is 4.31. The van der Waals surface area contributed by atoms with Gasteiger partial charge in [0.1, 0.15) is 0 Å². The maximum atomic E-state index is 12.4. The third kappa shape index (κ3) is 4.50. The minimum Gasteiger partial charge on any atom is -0.322 e. The molecule has 128 valence electrons. The molecule has 2 heterocycles. The van der Waals surface area contributed by atoms with Gasteiger partial charge in [0.05, 0.1) is 4.34 Å². The van der Waals surface area contributed by atoms with Gasteiger partial charge in [-0.2, -0.15) is 0 Å². The van der Waals surface area contributed by atoms with Crippen LogP contribution in [-0.4, -0.2) is 42.0 Å². The highest BCUT2D eigenvalue weighted by atomic mass is 35.5. The summed E-state index contributed by atoms with van der Waals surface area (Å²) >= 11 is 7.60. The Balaban J connectivity index is 1.47. The topological polar surface area (TPSA) is 35.6 Å². The van der Waals surface area contributed by atoms with E-state index in [1.54, 1.807) is 11.3 Å². The van der Waals surface area contributed by atoms with Crippen LogP contribution in [0.1, 0.15) is 17.4 Å². The minimum atomic E-state index is -0.0157. The van der Waals surface area contributed by atoms with Gasteiger partial charge in [0.25, 0.3) is 0 Å². The van der Waals surface area contributed by atoms with Crippen molar-refractivity contribution in [3.05, 3.63) is 51.2 Å². The summed E-state index contributed by atoms with van der Waals surface area (Å²) in [4.78, 5) is 17.9. The van der Waals surface area contributed by atoms with Gasteiger partial charge in [-0.05, 0) is 36.2 Å². The number of benzene rings is 1. The van der Waals surface area contributed by atoms with E-state index >= 15 is 0 Å². The minimum absolute atomic E-state index is 0.0157. The Morgan fingerprint density at radius 1 is 1.12 bits per heavy atom. The Bertz CT molecular complexity index is 678. The van der Waals surface area contributed by atoms with Crippen LogP contribution in [0.5, 0.6) is 0 Å². The lowest BCUT2D eigenvalue weighted by Crippen LogP contribution is -2.49. The molecule has 4 nitrogen and oxygen atoms in total. The normalized spacial score (nSPS) is 15.5. The molecule has 6 heteroatoms. The molecule has 2 aromatic rings. The molecule has 1 N–H and O–H groups in total. The van der Waals surface area contributed by atoms with E-state index < -0.39 is 0 Å². The summed E-state index contributed by atoms with van der Waals surface area (Å²) in [6.45, 7) is 6.30. The molecule has 24 heavy (non-hydrogen) atoms. The molecule has 1 saturated heterocycles. The number of nitrogens with one attached hydrogen (secondary N) is 1. The molecular formula is C18H22ClN3OS. The third-order valence-corrected chi connectivity index (χ3v) is 5.50. The fourth-order valence-corrected chi connectivity index (χ4v) is 3.92. The number of aryl methyl sites for hydroxylation is 1. The van der Waals surface area contributed by atoms with Crippen LogP contribution in [0.4, 0.5) is 10.5 Å². The number of rotatable bonds is 4. The number of anilines is 1. The fraction of sp³-hybridized carbons (Fsp3) is 0.389. The summed E-state index contributed by atoms with van der Waals surface area (Å²) in [5, 5.41) is 2.98. The number of piperazine rings is 1. The highest BCUT2D eigenvalue weighted by molar-refractivity contribution is 7.16. The summed E-state index contributed by atoms with van der Waals surface area (Å²) in [5.74, 6) is 0. The number of urea groups is 1. The largest absolute Gasteiger partial charge is 0.322 e. The molecule has 3 rings (SSSR count). The Morgan fingerprint density at radius 2 is 1.83 bits per heavy atom. The first-order valence-corrected chi connectivity index (χ1v) is 9.45. The van der Waals surface area contributed by atoms with Crippen molar-refractivity contribution < 1.29 is 4.79 Å². The maximum absolute atomic E-state index is 12.4. The lowest BCUT2D eigenvalue weighted by atomic mass is 10.1. The lowest BCUT2D eigenvalue weighted by Gasteiger charge is -2.34. The van der Waals surface area contributed by atoms with Crippen molar-refractivity contribution >= 4 is 34.7 Å². The Morgan fingerprint density at radius 3 is 2.42 bits per heavy atom. The molecule has 1 fully saturated rings. The Kier molecular flexibility index (Phi) is 5.76. The molecule has 0 aliphatic carbocycles. The standard InChI is InChI=1S/C18H22ClN3OS/c1-2-14-3-5-15(6-4-14)20-18(23)22-11-9-21(10-12-22)13-16-7-8-17(19)24-16/h3-8H,2,9-13H2,1H3,(H,20,23). The molecule has 0 bridgehead atoms. The van der Waals surface area contributed by atoms with Crippen molar-refractivity contribution in [1.82, 2.24) is 9.80 Å². The smallest absolute Gasteiger partial charge is 0.321 e. The molecule has 0 spiro atoms. The van der Waals surface area contributed by atoms with Crippen molar-refractivity contribution in [2.24, 2.45) is 0 Å². The fourth-order valence-electron chi connectivity index (χ4n) is 2.79. The van der Waals surface area contributed by atoms with Gasteiger partial charge in [-0.15, -0.1) is 11.3 Å². The molecule has 1 aliphatic heterocycles.